The Morgan fingerprint density at radius 3 is 2.72 bits per heavy atom. The second-order valence-electron chi connectivity index (χ2n) is 10.3. The molecule has 1 unspecified atom stereocenters. The fourth-order valence-electron chi connectivity index (χ4n) is 4.69. The van der Waals surface area contributed by atoms with Gasteiger partial charge in [-0.3, -0.25) is 9.59 Å². The Morgan fingerprint density at radius 2 is 2.00 bits per heavy atom. The quantitative estimate of drug-likeness (QED) is 0.488. The van der Waals surface area contributed by atoms with Crippen LogP contribution < -0.4 is 10.6 Å². The standard InChI is InChI=1S/C29H40N4O6/c1-18(2)27-20(4)10-11-25(35)31-12-6-8-19(3)14-22(34)15-21(30-5)16-26-32-23(17-38-26)28(36)33-13-7-9-24(33)29(37)39-27/h6,8-11,14,17-18,20-22,27,30,34H,7,12-13,15-16H2,1-5H3,(H,31,35)/b8-6+,11-10+,19-14+/t20-,21-,22-,27?/m1/s1. The molecule has 2 aliphatic heterocycles. The molecule has 0 aliphatic carbocycles. The molecule has 39 heavy (non-hydrogen) atoms. The Kier molecular flexibility index (Phi) is 10.8. The van der Waals surface area contributed by atoms with Crippen molar-refractivity contribution in [2.24, 2.45) is 11.8 Å². The number of hydrogen-bond donors (Lipinski definition) is 3. The Labute approximate surface area is 229 Å². The van der Waals surface area contributed by atoms with Crippen molar-refractivity contribution in [1.29, 1.82) is 0 Å². The molecule has 1 aromatic rings. The molecule has 0 saturated heterocycles. The van der Waals surface area contributed by atoms with Gasteiger partial charge >= 0.3 is 5.97 Å². The Morgan fingerprint density at radius 1 is 1.23 bits per heavy atom. The van der Waals surface area contributed by atoms with E-state index in [2.05, 4.69) is 15.6 Å². The summed E-state index contributed by atoms with van der Waals surface area (Å²) < 4.78 is 11.4. The number of aliphatic hydroxyl groups excluding tert-OH is 1. The Balaban J connectivity index is 1.88. The lowest BCUT2D eigenvalue weighted by atomic mass is 9.94. The highest BCUT2D eigenvalue weighted by Crippen LogP contribution is 2.24. The summed E-state index contributed by atoms with van der Waals surface area (Å²) >= 11 is 0. The van der Waals surface area contributed by atoms with Gasteiger partial charge in [0.15, 0.2) is 11.6 Å². The van der Waals surface area contributed by atoms with E-state index in [-0.39, 0.29) is 35.2 Å². The van der Waals surface area contributed by atoms with Crippen LogP contribution in [0.2, 0.25) is 0 Å². The fourth-order valence-corrected chi connectivity index (χ4v) is 4.69. The van der Waals surface area contributed by atoms with Gasteiger partial charge in [0.25, 0.3) is 5.91 Å². The van der Waals surface area contributed by atoms with E-state index < -0.39 is 24.1 Å². The van der Waals surface area contributed by atoms with Crippen molar-refractivity contribution in [3.05, 3.63) is 65.6 Å². The molecule has 4 atom stereocenters. The molecule has 0 aromatic carbocycles. The minimum absolute atomic E-state index is 0.0245. The molecule has 0 saturated carbocycles. The third kappa shape index (κ3) is 8.49. The van der Waals surface area contributed by atoms with Gasteiger partial charge in [-0.05, 0) is 38.8 Å². The molecule has 3 heterocycles. The molecule has 0 spiro atoms. The van der Waals surface area contributed by atoms with Gasteiger partial charge in [0.2, 0.25) is 5.91 Å². The van der Waals surface area contributed by atoms with E-state index in [4.69, 9.17) is 9.15 Å². The smallest absolute Gasteiger partial charge is 0.355 e. The molecular formula is C29H40N4O6. The maximum absolute atomic E-state index is 13.3. The number of carbonyl (C=O) groups is 3. The summed E-state index contributed by atoms with van der Waals surface area (Å²) in [6.45, 7) is 8.29. The number of nitrogens with zero attached hydrogens (tertiary/aromatic N) is 2. The van der Waals surface area contributed by atoms with E-state index in [1.54, 1.807) is 25.3 Å². The van der Waals surface area contributed by atoms with Gasteiger partial charge in [-0.15, -0.1) is 0 Å². The summed E-state index contributed by atoms with van der Waals surface area (Å²) in [6, 6.07) is -0.158. The number of amides is 2. The van der Waals surface area contributed by atoms with Crippen LogP contribution in [0, 0.1) is 11.8 Å². The third-order valence-corrected chi connectivity index (χ3v) is 6.76. The maximum atomic E-state index is 13.3. The highest BCUT2D eigenvalue weighted by molar-refractivity contribution is 6.00. The summed E-state index contributed by atoms with van der Waals surface area (Å²) in [4.78, 5) is 44.5. The van der Waals surface area contributed by atoms with Crippen LogP contribution in [0.4, 0.5) is 0 Å². The van der Waals surface area contributed by atoms with Gasteiger partial charge in [-0.25, -0.2) is 9.78 Å². The van der Waals surface area contributed by atoms with Gasteiger partial charge in [-0.1, -0.05) is 56.7 Å². The maximum Gasteiger partial charge on any atom is 0.355 e. The van der Waals surface area contributed by atoms with E-state index in [0.29, 0.717) is 38.2 Å². The largest absolute Gasteiger partial charge is 0.457 e. The van der Waals surface area contributed by atoms with Crippen LogP contribution in [0.1, 0.15) is 56.9 Å². The first-order chi connectivity index (χ1) is 18.6. The van der Waals surface area contributed by atoms with Crippen molar-refractivity contribution in [2.45, 2.75) is 65.2 Å². The van der Waals surface area contributed by atoms with E-state index >= 15 is 0 Å². The van der Waals surface area contributed by atoms with Crippen LogP contribution in [0.25, 0.3) is 0 Å². The molecule has 2 bridgehead atoms. The number of carbonyl (C=O) groups excluding carboxylic acids is 3. The van der Waals surface area contributed by atoms with E-state index in [1.807, 2.05) is 39.8 Å². The minimum Gasteiger partial charge on any atom is -0.457 e. The number of allylic oxidation sites excluding steroid dienone is 2. The molecule has 212 valence electrons. The van der Waals surface area contributed by atoms with Crippen molar-refractivity contribution >= 4 is 17.8 Å². The number of nitrogens with one attached hydrogen (secondary N) is 2. The molecule has 10 heteroatoms. The predicted octanol–water partition coefficient (Wildman–Crippen LogP) is 2.68. The lowest BCUT2D eigenvalue weighted by molar-refractivity contribution is -0.149. The number of rotatable bonds is 2. The normalized spacial score (nSPS) is 29.1. The molecule has 2 aliphatic rings. The first kappa shape index (κ1) is 30.0. The number of aliphatic hydroxyl groups is 1. The summed E-state index contributed by atoms with van der Waals surface area (Å²) in [6.07, 6.45) is 11.6. The fraction of sp³-hybridized carbons (Fsp3) is 0.517. The highest BCUT2D eigenvalue weighted by Gasteiger charge is 2.33. The molecule has 3 rings (SSSR count). The Hall–Kier alpha value is -3.50. The van der Waals surface area contributed by atoms with Crippen molar-refractivity contribution in [3.63, 3.8) is 0 Å². The van der Waals surface area contributed by atoms with Gasteiger partial charge in [0.05, 0.1) is 6.10 Å². The number of oxazole rings is 1. The van der Waals surface area contributed by atoms with Crippen LogP contribution in [0.5, 0.6) is 0 Å². The number of cyclic esters (lactones) is 1. The number of fused-ring (bicyclic) bond motifs is 3. The molecule has 10 nitrogen and oxygen atoms in total. The number of likely N-dealkylation sites (N-methyl/N-ethyl adjacent to an activating group) is 1. The van der Waals surface area contributed by atoms with Crippen molar-refractivity contribution in [3.8, 4) is 0 Å². The van der Waals surface area contributed by atoms with Gasteiger partial charge in [0, 0.05) is 31.5 Å². The first-order valence-electron chi connectivity index (χ1n) is 13.4. The van der Waals surface area contributed by atoms with Crippen LogP contribution in [0.3, 0.4) is 0 Å². The zero-order valence-electron chi connectivity index (χ0n) is 23.3. The summed E-state index contributed by atoms with van der Waals surface area (Å²) in [5, 5.41) is 16.5. The molecule has 1 aromatic heterocycles. The van der Waals surface area contributed by atoms with Crippen LogP contribution in [-0.4, -0.2) is 71.2 Å². The summed E-state index contributed by atoms with van der Waals surface area (Å²) in [5.74, 6) is -1.21. The third-order valence-electron chi connectivity index (χ3n) is 6.76. The van der Waals surface area contributed by atoms with Gasteiger partial charge in [-0.2, -0.15) is 0 Å². The molecular weight excluding hydrogens is 500 g/mol. The lowest BCUT2D eigenvalue weighted by Gasteiger charge is -2.27. The zero-order chi connectivity index (χ0) is 28.5. The topological polar surface area (TPSA) is 134 Å². The number of hydrogen-bond acceptors (Lipinski definition) is 8. The van der Waals surface area contributed by atoms with Gasteiger partial charge in [0.1, 0.15) is 18.1 Å². The Bertz CT molecular complexity index is 1150. The number of aromatic nitrogens is 1. The molecule has 0 fully saturated rings. The first-order valence-corrected chi connectivity index (χ1v) is 13.4. The summed E-state index contributed by atoms with van der Waals surface area (Å²) in [7, 11) is 1.78. The average Bonchev–Trinajstić information content (AvgIpc) is 3.57. The van der Waals surface area contributed by atoms with E-state index in [0.717, 1.165) is 5.57 Å². The minimum atomic E-state index is -0.721. The number of esters is 1. The van der Waals surface area contributed by atoms with Crippen molar-refractivity contribution in [1.82, 2.24) is 20.5 Å². The zero-order valence-corrected chi connectivity index (χ0v) is 23.3. The van der Waals surface area contributed by atoms with Crippen LogP contribution in [0.15, 0.2) is 58.4 Å². The SMILES string of the molecule is CN[C@H]1Cc2nc(co2)C(=O)N2CCC=C2C(=O)OC(C(C)C)[C@H](C)/C=C/C(=O)NC/C=C/C(C)=C/[C@@H](O)C1. The van der Waals surface area contributed by atoms with Crippen molar-refractivity contribution < 1.29 is 28.6 Å². The molecule has 3 N–H and O–H groups in total. The van der Waals surface area contributed by atoms with Crippen molar-refractivity contribution in [2.75, 3.05) is 20.1 Å². The molecule has 0 radical (unpaired) electrons. The predicted molar refractivity (Wildman–Crippen MR) is 146 cm³/mol. The van der Waals surface area contributed by atoms with Gasteiger partial charge < -0.3 is 29.8 Å². The monoisotopic (exact) mass is 540 g/mol. The second kappa shape index (κ2) is 14.0. The second-order valence-corrected chi connectivity index (χ2v) is 10.3. The lowest BCUT2D eigenvalue weighted by Crippen LogP contribution is -2.36. The summed E-state index contributed by atoms with van der Waals surface area (Å²) in [5.41, 5.74) is 1.13. The van der Waals surface area contributed by atoms with Crippen LogP contribution >= 0.6 is 0 Å². The average molecular weight is 541 g/mol. The highest BCUT2D eigenvalue weighted by atomic mass is 16.5. The van der Waals surface area contributed by atoms with E-state index in [1.165, 1.54) is 17.2 Å². The van der Waals surface area contributed by atoms with E-state index in [9.17, 15) is 19.5 Å². The van der Waals surface area contributed by atoms with Crippen LogP contribution in [-0.2, 0) is 20.7 Å². The molecule has 2 amide bonds. The number of ether oxygens (including phenoxy) is 1.